The third kappa shape index (κ3) is 4.84. The van der Waals surface area contributed by atoms with Gasteiger partial charge >= 0.3 is 0 Å². The highest BCUT2D eigenvalue weighted by Crippen LogP contribution is 2.24. The maximum Gasteiger partial charge on any atom is 0.234 e. The van der Waals surface area contributed by atoms with Gasteiger partial charge in [-0.15, -0.1) is 0 Å². The molecule has 1 amide bonds. The Hall–Kier alpha value is -1.35. The molecule has 122 valence electrons. The van der Waals surface area contributed by atoms with Crippen molar-refractivity contribution in [1.29, 1.82) is 0 Å². The van der Waals surface area contributed by atoms with Crippen molar-refractivity contribution in [1.82, 2.24) is 10.2 Å². The predicted octanol–water partition coefficient (Wildman–Crippen LogP) is 3.31. The van der Waals surface area contributed by atoms with Gasteiger partial charge in [0.25, 0.3) is 0 Å². The van der Waals surface area contributed by atoms with Gasteiger partial charge in [0.15, 0.2) is 0 Å². The van der Waals surface area contributed by atoms with Crippen LogP contribution in [0.2, 0.25) is 0 Å². The highest BCUT2D eigenvalue weighted by atomic mass is 16.2. The summed E-state index contributed by atoms with van der Waals surface area (Å²) >= 11 is 0. The van der Waals surface area contributed by atoms with E-state index in [-0.39, 0.29) is 5.91 Å². The van der Waals surface area contributed by atoms with E-state index in [1.807, 2.05) is 0 Å². The molecule has 0 bridgehead atoms. The molecule has 0 atom stereocenters. The lowest BCUT2D eigenvalue weighted by Crippen LogP contribution is -2.45. The fourth-order valence-corrected chi connectivity index (χ4v) is 3.42. The molecule has 0 unspecified atom stereocenters. The molecule has 3 heteroatoms. The van der Waals surface area contributed by atoms with Crippen LogP contribution in [0.4, 0.5) is 0 Å². The van der Waals surface area contributed by atoms with E-state index in [4.69, 9.17) is 0 Å². The van der Waals surface area contributed by atoms with E-state index in [2.05, 4.69) is 55.3 Å². The van der Waals surface area contributed by atoms with Crippen LogP contribution in [0.1, 0.15) is 50.7 Å². The van der Waals surface area contributed by atoms with E-state index in [9.17, 15) is 4.79 Å². The summed E-state index contributed by atoms with van der Waals surface area (Å²) in [7, 11) is 0. The third-order valence-electron chi connectivity index (χ3n) is 4.76. The van der Waals surface area contributed by atoms with Crippen LogP contribution in [0.5, 0.6) is 0 Å². The zero-order valence-corrected chi connectivity index (χ0v) is 14.3. The van der Waals surface area contributed by atoms with E-state index >= 15 is 0 Å². The van der Waals surface area contributed by atoms with Gasteiger partial charge in [0.2, 0.25) is 5.91 Å². The largest absolute Gasteiger partial charge is 0.355 e. The molecule has 1 fully saturated rings. The first kappa shape index (κ1) is 17.0. The Kier molecular flexibility index (Phi) is 6.44. The molecule has 1 aliphatic rings. The molecule has 3 nitrogen and oxygen atoms in total. The van der Waals surface area contributed by atoms with E-state index in [0.29, 0.717) is 18.6 Å². The molecule has 0 radical (unpaired) electrons. The van der Waals surface area contributed by atoms with Crippen LogP contribution in [-0.2, 0) is 11.2 Å². The number of nitrogens with zero attached hydrogens (tertiary/aromatic N) is 1. The second-order valence-corrected chi connectivity index (χ2v) is 6.73. The summed E-state index contributed by atoms with van der Waals surface area (Å²) in [5.74, 6) is 0.161. The van der Waals surface area contributed by atoms with Crippen molar-refractivity contribution in [2.24, 2.45) is 0 Å². The van der Waals surface area contributed by atoms with Gasteiger partial charge in [-0.2, -0.15) is 0 Å². The monoisotopic (exact) mass is 302 g/mol. The standard InChI is InChI=1S/C19H30N2O/c1-15(2)21(18-10-6-7-11-18)14-19(22)20-13-12-17-9-5-4-8-16(17)3/h4-5,8-9,15,18H,6-7,10-14H2,1-3H3,(H,20,22). The lowest BCUT2D eigenvalue weighted by atomic mass is 10.1. The van der Waals surface area contributed by atoms with E-state index in [1.54, 1.807) is 0 Å². The second-order valence-electron chi connectivity index (χ2n) is 6.73. The minimum atomic E-state index is 0.161. The Bertz CT molecular complexity index is 478. The van der Waals surface area contributed by atoms with E-state index in [1.165, 1.54) is 36.8 Å². The highest BCUT2D eigenvalue weighted by Gasteiger charge is 2.26. The van der Waals surface area contributed by atoms with Crippen LogP contribution in [0, 0.1) is 6.92 Å². The Morgan fingerprint density at radius 1 is 1.27 bits per heavy atom. The molecule has 2 rings (SSSR count). The molecule has 1 aliphatic carbocycles. The number of aryl methyl sites for hydroxylation is 1. The van der Waals surface area contributed by atoms with Crippen LogP contribution in [0.15, 0.2) is 24.3 Å². The van der Waals surface area contributed by atoms with Gasteiger partial charge in [-0.25, -0.2) is 0 Å². The maximum atomic E-state index is 12.2. The molecule has 1 N–H and O–H groups in total. The Labute approximate surface area is 135 Å². The molecule has 1 aromatic carbocycles. The van der Waals surface area contributed by atoms with E-state index < -0.39 is 0 Å². The quantitative estimate of drug-likeness (QED) is 0.838. The minimum absolute atomic E-state index is 0.161. The maximum absolute atomic E-state index is 12.2. The van der Waals surface area contributed by atoms with Gasteiger partial charge in [0.05, 0.1) is 6.54 Å². The number of benzene rings is 1. The minimum Gasteiger partial charge on any atom is -0.355 e. The summed E-state index contributed by atoms with van der Waals surface area (Å²) in [5.41, 5.74) is 2.62. The first-order valence-electron chi connectivity index (χ1n) is 8.65. The molecule has 1 saturated carbocycles. The lowest BCUT2D eigenvalue weighted by Gasteiger charge is -2.31. The molecular weight excluding hydrogens is 272 g/mol. The lowest BCUT2D eigenvalue weighted by molar-refractivity contribution is -0.123. The number of rotatable bonds is 7. The third-order valence-corrected chi connectivity index (χ3v) is 4.76. The van der Waals surface area contributed by atoms with Gasteiger partial charge in [-0.05, 0) is 51.2 Å². The number of hydrogen-bond donors (Lipinski definition) is 1. The van der Waals surface area contributed by atoms with E-state index in [0.717, 1.165) is 13.0 Å². The van der Waals surface area contributed by atoms with Crippen LogP contribution < -0.4 is 5.32 Å². The first-order valence-corrected chi connectivity index (χ1v) is 8.65. The van der Waals surface area contributed by atoms with Crippen LogP contribution in [0.25, 0.3) is 0 Å². The fourth-order valence-electron chi connectivity index (χ4n) is 3.42. The van der Waals surface area contributed by atoms with Crippen molar-refractivity contribution in [3.8, 4) is 0 Å². The summed E-state index contributed by atoms with van der Waals surface area (Å²) in [5, 5.41) is 3.09. The average molecular weight is 302 g/mol. The molecule has 0 saturated heterocycles. The van der Waals surface area contributed by atoms with Crippen LogP contribution >= 0.6 is 0 Å². The van der Waals surface area contributed by atoms with Gasteiger partial charge < -0.3 is 5.32 Å². The summed E-state index contributed by atoms with van der Waals surface area (Å²) in [6.07, 6.45) is 6.01. The number of carbonyl (C=O) groups excluding carboxylic acids is 1. The molecule has 22 heavy (non-hydrogen) atoms. The van der Waals surface area contributed by atoms with Gasteiger partial charge in [-0.3, -0.25) is 9.69 Å². The first-order chi connectivity index (χ1) is 10.6. The van der Waals surface area contributed by atoms with Crippen molar-refractivity contribution < 1.29 is 4.79 Å². The molecule has 0 heterocycles. The second kappa shape index (κ2) is 8.33. The van der Waals surface area contributed by atoms with Gasteiger partial charge in [-0.1, -0.05) is 37.1 Å². The fraction of sp³-hybridized carbons (Fsp3) is 0.632. The molecular formula is C19H30N2O. The highest BCUT2D eigenvalue weighted by molar-refractivity contribution is 5.78. The molecule has 0 spiro atoms. The summed E-state index contributed by atoms with van der Waals surface area (Å²) in [4.78, 5) is 14.6. The normalized spacial score (nSPS) is 15.7. The molecule has 1 aromatic rings. The Balaban J connectivity index is 1.77. The number of amides is 1. The Morgan fingerprint density at radius 3 is 2.59 bits per heavy atom. The summed E-state index contributed by atoms with van der Waals surface area (Å²) in [6, 6.07) is 9.41. The molecule has 0 aliphatic heterocycles. The zero-order valence-electron chi connectivity index (χ0n) is 14.3. The number of hydrogen-bond acceptors (Lipinski definition) is 2. The summed E-state index contributed by atoms with van der Waals surface area (Å²) < 4.78 is 0. The van der Waals surface area contributed by atoms with Crippen LogP contribution in [0.3, 0.4) is 0 Å². The SMILES string of the molecule is Cc1ccccc1CCNC(=O)CN(C(C)C)C1CCCC1. The predicted molar refractivity (Wildman–Crippen MR) is 92.0 cm³/mol. The summed E-state index contributed by atoms with van der Waals surface area (Å²) in [6.45, 7) is 7.77. The van der Waals surface area contributed by atoms with Crippen molar-refractivity contribution in [2.75, 3.05) is 13.1 Å². The number of nitrogens with one attached hydrogen (secondary N) is 1. The van der Waals surface area contributed by atoms with Gasteiger partial charge in [0.1, 0.15) is 0 Å². The zero-order chi connectivity index (χ0) is 15.9. The topological polar surface area (TPSA) is 32.3 Å². The van der Waals surface area contributed by atoms with Crippen molar-refractivity contribution in [2.45, 2.75) is 65.0 Å². The van der Waals surface area contributed by atoms with Crippen molar-refractivity contribution >= 4 is 5.91 Å². The van der Waals surface area contributed by atoms with Crippen molar-refractivity contribution in [3.05, 3.63) is 35.4 Å². The van der Waals surface area contributed by atoms with Crippen molar-refractivity contribution in [3.63, 3.8) is 0 Å². The van der Waals surface area contributed by atoms with Gasteiger partial charge in [0, 0.05) is 18.6 Å². The average Bonchev–Trinajstić information content (AvgIpc) is 3.00. The van der Waals surface area contributed by atoms with Crippen LogP contribution in [-0.4, -0.2) is 36.0 Å². The number of carbonyl (C=O) groups is 1. The smallest absolute Gasteiger partial charge is 0.234 e. The Morgan fingerprint density at radius 2 is 1.95 bits per heavy atom. The molecule has 0 aromatic heterocycles.